The molecule has 0 radical (unpaired) electrons. The number of alkyl carbamates (subject to hydrolysis) is 2. The molecule has 0 aliphatic heterocycles. The molecule has 0 bridgehead atoms. The van der Waals surface area contributed by atoms with Crippen molar-refractivity contribution in [3.63, 3.8) is 0 Å². The van der Waals surface area contributed by atoms with E-state index in [4.69, 9.17) is 21.1 Å². The lowest BCUT2D eigenvalue weighted by Crippen LogP contribution is -2.47. The summed E-state index contributed by atoms with van der Waals surface area (Å²) < 4.78 is 10.4. The van der Waals surface area contributed by atoms with Gasteiger partial charge in [0.25, 0.3) is 0 Å². The van der Waals surface area contributed by atoms with Gasteiger partial charge in [-0.05, 0) is 32.0 Å². The topological polar surface area (TPSA) is 79.9 Å². The average Bonchev–Trinajstić information content (AvgIpc) is 2.47. The van der Waals surface area contributed by atoms with Crippen LogP contribution in [0.15, 0.2) is 24.3 Å². The molecule has 0 spiro atoms. The van der Waals surface area contributed by atoms with Crippen LogP contribution in [0.25, 0.3) is 0 Å². The Hall–Kier alpha value is -2.15. The molecule has 2 unspecified atom stereocenters. The third kappa shape index (κ3) is 5.00. The Morgan fingerprint density at radius 2 is 1.59 bits per heavy atom. The van der Waals surface area contributed by atoms with Gasteiger partial charge >= 0.3 is 12.2 Å². The fourth-order valence-electron chi connectivity index (χ4n) is 1.89. The van der Waals surface area contributed by atoms with Crippen molar-refractivity contribution in [2.75, 3.05) is 19.0 Å². The third-order valence-corrected chi connectivity index (χ3v) is 3.09. The number of benzene rings is 1. The maximum atomic E-state index is 11.4. The molecular weight excluding hydrogens is 310 g/mol. The number of anilines is 1. The van der Waals surface area contributed by atoms with Crippen molar-refractivity contribution in [1.82, 2.24) is 10.6 Å². The number of nitrogens with zero attached hydrogens (tertiary/aromatic N) is 1. The summed E-state index contributed by atoms with van der Waals surface area (Å²) in [5.74, 6) is 0. The first kappa shape index (κ1) is 17.9. The molecular formula is C14H20ClN3O4. The van der Waals surface area contributed by atoms with Gasteiger partial charge in [0, 0.05) is 24.8 Å². The summed E-state index contributed by atoms with van der Waals surface area (Å²) in [7, 11) is 2.92. The maximum absolute atomic E-state index is 11.4. The minimum absolute atomic E-state index is 0.516. The van der Waals surface area contributed by atoms with E-state index in [1.807, 2.05) is 0 Å². The Kier molecular flexibility index (Phi) is 6.78. The van der Waals surface area contributed by atoms with Crippen LogP contribution in [-0.2, 0) is 9.47 Å². The summed E-state index contributed by atoms with van der Waals surface area (Å²) in [5, 5.41) is 5.26. The lowest BCUT2D eigenvalue weighted by Gasteiger charge is -2.35. The second kappa shape index (κ2) is 8.33. The molecule has 0 aromatic heterocycles. The predicted octanol–water partition coefficient (Wildman–Crippen LogP) is 2.55. The molecule has 0 fully saturated rings. The van der Waals surface area contributed by atoms with Crippen LogP contribution in [0.3, 0.4) is 0 Å². The summed E-state index contributed by atoms with van der Waals surface area (Å²) >= 11 is 6.00. The van der Waals surface area contributed by atoms with E-state index in [9.17, 15) is 9.59 Å². The number of hydrogen-bond acceptors (Lipinski definition) is 5. The number of hydrogen-bond donors (Lipinski definition) is 2. The second-order valence-corrected chi connectivity index (χ2v) is 4.83. The van der Waals surface area contributed by atoms with Crippen molar-refractivity contribution in [3.8, 4) is 0 Å². The SMILES string of the molecule is CNC(=O)OC(C)N(c1cccc(Cl)c1)C(C)OC(=O)NC. The molecule has 0 saturated carbocycles. The molecule has 1 aromatic rings. The van der Waals surface area contributed by atoms with Gasteiger partial charge in [0.15, 0.2) is 12.5 Å². The Morgan fingerprint density at radius 1 is 1.09 bits per heavy atom. The second-order valence-electron chi connectivity index (χ2n) is 4.40. The molecule has 2 N–H and O–H groups in total. The Bertz CT molecular complexity index is 503. The van der Waals surface area contributed by atoms with Crippen LogP contribution >= 0.6 is 11.6 Å². The van der Waals surface area contributed by atoms with Gasteiger partial charge in [0.1, 0.15) is 0 Å². The number of nitrogens with one attached hydrogen (secondary N) is 2. The van der Waals surface area contributed by atoms with Gasteiger partial charge in [0.2, 0.25) is 0 Å². The van der Waals surface area contributed by atoms with E-state index in [0.29, 0.717) is 10.7 Å². The highest BCUT2D eigenvalue weighted by Crippen LogP contribution is 2.24. The van der Waals surface area contributed by atoms with Crippen LogP contribution in [0.1, 0.15) is 13.8 Å². The van der Waals surface area contributed by atoms with Crippen LogP contribution in [0.2, 0.25) is 5.02 Å². The molecule has 22 heavy (non-hydrogen) atoms. The molecule has 0 heterocycles. The van der Waals surface area contributed by atoms with Gasteiger partial charge in [-0.25, -0.2) is 9.59 Å². The quantitative estimate of drug-likeness (QED) is 0.811. The van der Waals surface area contributed by atoms with Crippen molar-refractivity contribution in [1.29, 1.82) is 0 Å². The van der Waals surface area contributed by atoms with E-state index in [0.717, 1.165) is 0 Å². The Balaban J connectivity index is 3.03. The highest BCUT2D eigenvalue weighted by Gasteiger charge is 2.26. The fraction of sp³-hybridized carbons (Fsp3) is 0.429. The zero-order valence-electron chi connectivity index (χ0n) is 12.9. The van der Waals surface area contributed by atoms with E-state index < -0.39 is 24.6 Å². The van der Waals surface area contributed by atoms with Crippen LogP contribution < -0.4 is 15.5 Å². The molecule has 8 heteroatoms. The number of halogens is 1. The summed E-state index contributed by atoms with van der Waals surface area (Å²) in [5.41, 5.74) is 0.653. The van der Waals surface area contributed by atoms with Crippen molar-refractivity contribution < 1.29 is 19.1 Å². The van der Waals surface area contributed by atoms with Gasteiger partial charge in [-0.1, -0.05) is 17.7 Å². The van der Waals surface area contributed by atoms with E-state index in [1.54, 1.807) is 43.0 Å². The minimum Gasteiger partial charge on any atom is -0.426 e. The van der Waals surface area contributed by atoms with Crippen LogP contribution in [0.4, 0.5) is 15.3 Å². The van der Waals surface area contributed by atoms with Crippen molar-refractivity contribution in [2.45, 2.75) is 26.3 Å². The zero-order valence-corrected chi connectivity index (χ0v) is 13.7. The van der Waals surface area contributed by atoms with Crippen LogP contribution in [-0.4, -0.2) is 38.7 Å². The van der Waals surface area contributed by atoms with Crippen molar-refractivity contribution in [3.05, 3.63) is 29.3 Å². The average molecular weight is 330 g/mol. The maximum Gasteiger partial charge on any atom is 0.408 e. The normalized spacial score (nSPS) is 12.8. The van der Waals surface area contributed by atoms with E-state index in [2.05, 4.69) is 10.6 Å². The molecule has 122 valence electrons. The molecule has 1 rings (SSSR count). The Labute approximate surface area is 134 Å². The molecule has 0 aliphatic carbocycles. The summed E-state index contributed by atoms with van der Waals surface area (Å²) in [6.45, 7) is 3.33. The van der Waals surface area contributed by atoms with Gasteiger partial charge in [-0.2, -0.15) is 0 Å². The first-order chi connectivity index (χ1) is 10.4. The summed E-state index contributed by atoms with van der Waals surface area (Å²) in [6.07, 6.45) is -2.55. The molecule has 0 aliphatic rings. The van der Waals surface area contributed by atoms with E-state index >= 15 is 0 Å². The first-order valence-electron chi connectivity index (χ1n) is 6.69. The molecule has 7 nitrogen and oxygen atoms in total. The molecule has 0 saturated heterocycles. The molecule has 1 aromatic carbocycles. The number of amides is 2. The zero-order chi connectivity index (χ0) is 16.7. The highest BCUT2D eigenvalue weighted by molar-refractivity contribution is 6.30. The molecule has 2 atom stereocenters. The van der Waals surface area contributed by atoms with Gasteiger partial charge in [-0.3, -0.25) is 0 Å². The predicted molar refractivity (Wildman–Crippen MR) is 83.9 cm³/mol. The largest absolute Gasteiger partial charge is 0.426 e. The number of carbonyl (C=O) groups excluding carboxylic acids is 2. The Morgan fingerprint density at radius 3 is 2.00 bits per heavy atom. The third-order valence-electron chi connectivity index (χ3n) is 2.85. The van der Waals surface area contributed by atoms with E-state index in [-0.39, 0.29) is 0 Å². The van der Waals surface area contributed by atoms with Crippen LogP contribution in [0.5, 0.6) is 0 Å². The van der Waals surface area contributed by atoms with Crippen molar-refractivity contribution >= 4 is 29.5 Å². The van der Waals surface area contributed by atoms with Crippen molar-refractivity contribution in [2.24, 2.45) is 0 Å². The van der Waals surface area contributed by atoms with Crippen LogP contribution in [0, 0.1) is 0 Å². The smallest absolute Gasteiger partial charge is 0.408 e. The minimum atomic E-state index is -0.682. The number of ether oxygens (including phenoxy) is 2. The van der Waals surface area contributed by atoms with Gasteiger partial charge < -0.3 is 25.0 Å². The highest BCUT2D eigenvalue weighted by atomic mass is 35.5. The number of rotatable bonds is 5. The molecule has 2 amide bonds. The first-order valence-corrected chi connectivity index (χ1v) is 7.07. The lowest BCUT2D eigenvalue weighted by atomic mass is 10.2. The monoisotopic (exact) mass is 329 g/mol. The van der Waals surface area contributed by atoms with Gasteiger partial charge in [-0.15, -0.1) is 0 Å². The van der Waals surface area contributed by atoms with Gasteiger partial charge in [0.05, 0.1) is 0 Å². The fourth-order valence-corrected chi connectivity index (χ4v) is 2.08. The lowest BCUT2D eigenvalue weighted by molar-refractivity contribution is 0.0569. The number of carbonyl (C=O) groups is 2. The van der Waals surface area contributed by atoms with E-state index in [1.165, 1.54) is 14.1 Å². The summed E-state index contributed by atoms with van der Waals surface area (Å²) in [6, 6.07) is 6.94. The standard InChI is InChI=1S/C14H20ClN3O4/c1-9(21-13(19)16-3)18(10(2)22-14(20)17-4)12-7-5-6-11(15)8-12/h5-10H,1-4H3,(H,16,19)(H,17,20). The summed E-state index contributed by atoms with van der Waals surface area (Å²) in [4.78, 5) is 24.5.